The van der Waals surface area contributed by atoms with Gasteiger partial charge in [-0.1, -0.05) is 0 Å². The Balaban J connectivity index is 2.38. The van der Waals surface area contributed by atoms with Crippen LogP contribution >= 0.6 is 0 Å². The molecule has 17 heavy (non-hydrogen) atoms. The van der Waals surface area contributed by atoms with Crippen LogP contribution in [0.3, 0.4) is 0 Å². The van der Waals surface area contributed by atoms with E-state index in [9.17, 15) is 0 Å². The van der Waals surface area contributed by atoms with Gasteiger partial charge in [0.15, 0.2) is 11.5 Å². The molecule has 0 saturated heterocycles. The summed E-state index contributed by atoms with van der Waals surface area (Å²) in [5.74, 6) is 2.14. The molecular formula is C12H15N3O2. The molecular weight excluding hydrogens is 218 g/mol. The SMILES string of the molecule is COc1ccc(-c2ncc(CN)[nH]2)cc1OC. The minimum Gasteiger partial charge on any atom is -0.493 e. The topological polar surface area (TPSA) is 73.2 Å². The van der Waals surface area contributed by atoms with Crippen molar-refractivity contribution in [3.8, 4) is 22.9 Å². The van der Waals surface area contributed by atoms with Crippen LogP contribution in [0.2, 0.25) is 0 Å². The highest BCUT2D eigenvalue weighted by Gasteiger charge is 2.08. The molecule has 1 aromatic heterocycles. The number of nitrogens with one attached hydrogen (secondary N) is 1. The van der Waals surface area contributed by atoms with Crippen molar-refractivity contribution in [2.24, 2.45) is 5.73 Å². The highest BCUT2D eigenvalue weighted by Crippen LogP contribution is 2.31. The van der Waals surface area contributed by atoms with E-state index in [1.54, 1.807) is 20.4 Å². The van der Waals surface area contributed by atoms with Crippen LogP contribution in [0.15, 0.2) is 24.4 Å². The molecule has 1 aromatic carbocycles. The summed E-state index contributed by atoms with van der Waals surface area (Å²) >= 11 is 0. The second-order valence-electron chi connectivity index (χ2n) is 3.53. The number of H-pyrrole nitrogens is 1. The molecule has 0 aliphatic heterocycles. The molecule has 2 rings (SSSR count). The first kappa shape index (κ1) is 11.5. The van der Waals surface area contributed by atoms with E-state index in [1.165, 1.54) is 0 Å². The van der Waals surface area contributed by atoms with Crippen LogP contribution in [0.1, 0.15) is 5.69 Å². The van der Waals surface area contributed by atoms with Gasteiger partial charge in [-0.2, -0.15) is 0 Å². The summed E-state index contributed by atoms with van der Waals surface area (Å²) in [5.41, 5.74) is 7.36. The normalized spacial score (nSPS) is 10.3. The van der Waals surface area contributed by atoms with E-state index in [2.05, 4.69) is 9.97 Å². The molecule has 0 spiro atoms. The van der Waals surface area contributed by atoms with Gasteiger partial charge in [-0.15, -0.1) is 0 Å². The van der Waals surface area contributed by atoms with Crippen LogP contribution in [0.4, 0.5) is 0 Å². The molecule has 0 radical (unpaired) electrons. The van der Waals surface area contributed by atoms with Gasteiger partial charge in [0.25, 0.3) is 0 Å². The lowest BCUT2D eigenvalue weighted by Crippen LogP contribution is -1.95. The van der Waals surface area contributed by atoms with Crippen LogP contribution in [0.5, 0.6) is 11.5 Å². The average Bonchev–Trinajstić information content (AvgIpc) is 2.86. The maximum atomic E-state index is 5.53. The molecule has 0 fully saturated rings. The van der Waals surface area contributed by atoms with Gasteiger partial charge in [0.2, 0.25) is 0 Å². The standard InChI is InChI=1S/C12H15N3O2/c1-16-10-4-3-8(5-11(10)17-2)12-14-7-9(6-13)15-12/h3-5,7H,6,13H2,1-2H3,(H,14,15). The first-order valence-electron chi connectivity index (χ1n) is 5.25. The molecule has 0 saturated carbocycles. The van der Waals surface area contributed by atoms with E-state index < -0.39 is 0 Å². The summed E-state index contributed by atoms with van der Waals surface area (Å²) in [6.45, 7) is 0.445. The highest BCUT2D eigenvalue weighted by atomic mass is 16.5. The number of aromatic nitrogens is 2. The van der Waals surface area contributed by atoms with E-state index in [-0.39, 0.29) is 0 Å². The van der Waals surface area contributed by atoms with E-state index in [0.717, 1.165) is 17.1 Å². The quantitative estimate of drug-likeness (QED) is 0.840. The smallest absolute Gasteiger partial charge is 0.161 e. The maximum Gasteiger partial charge on any atom is 0.161 e. The number of ether oxygens (including phenoxy) is 2. The summed E-state index contributed by atoms with van der Waals surface area (Å²) in [7, 11) is 3.21. The molecule has 0 aliphatic rings. The Bertz CT molecular complexity index is 508. The van der Waals surface area contributed by atoms with Crippen molar-refractivity contribution in [3.63, 3.8) is 0 Å². The number of methoxy groups -OCH3 is 2. The summed E-state index contributed by atoms with van der Waals surface area (Å²) < 4.78 is 10.4. The van der Waals surface area contributed by atoms with E-state index in [4.69, 9.17) is 15.2 Å². The lowest BCUT2D eigenvalue weighted by Gasteiger charge is -2.08. The van der Waals surface area contributed by atoms with Crippen molar-refractivity contribution in [1.82, 2.24) is 9.97 Å². The lowest BCUT2D eigenvalue weighted by molar-refractivity contribution is 0.355. The van der Waals surface area contributed by atoms with Crippen LogP contribution < -0.4 is 15.2 Å². The molecule has 0 unspecified atom stereocenters. The van der Waals surface area contributed by atoms with Gasteiger partial charge in [0.1, 0.15) is 5.82 Å². The third kappa shape index (κ3) is 2.24. The zero-order chi connectivity index (χ0) is 12.3. The van der Waals surface area contributed by atoms with Crippen molar-refractivity contribution in [2.75, 3.05) is 14.2 Å². The first-order valence-corrected chi connectivity index (χ1v) is 5.25. The van der Waals surface area contributed by atoms with Crippen molar-refractivity contribution in [2.45, 2.75) is 6.54 Å². The molecule has 5 nitrogen and oxygen atoms in total. The lowest BCUT2D eigenvalue weighted by atomic mass is 10.2. The third-order valence-corrected chi connectivity index (χ3v) is 2.51. The van der Waals surface area contributed by atoms with Crippen molar-refractivity contribution in [3.05, 3.63) is 30.1 Å². The Morgan fingerprint density at radius 2 is 2.00 bits per heavy atom. The average molecular weight is 233 g/mol. The fourth-order valence-electron chi connectivity index (χ4n) is 1.59. The number of nitrogens with two attached hydrogens (primary N) is 1. The summed E-state index contributed by atoms with van der Waals surface area (Å²) in [6.07, 6.45) is 1.73. The molecule has 5 heteroatoms. The van der Waals surface area contributed by atoms with Crippen molar-refractivity contribution < 1.29 is 9.47 Å². The molecule has 0 amide bonds. The Hall–Kier alpha value is -2.01. The molecule has 1 heterocycles. The first-order chi connectivity index (χ1) is 8.28. The van der Waals surface area contributed by atoms with Gasteiger partial charge < -0.3 is 20.2 Å². The van der Waals surface area contributed by atoms with Crippen LogP contribution in [-0.4, -0.2) is 24.2 Å². The minimum atomic E-state index is 0.445. The minimum absolute atomic E-state index is 0.445. The van der Waals surface area contributed by atoms with Gasteiger partial charge in [0.05, 0.1) is 14.2 Å². The predicted octanol–water partition coefficient (Wildman–Crippen LogP) is 1.55. The Kier molecular flexibility index (Phi) is 3.30. The van der Waals surface area contributed by atoms with E-state index in [0.29, 0.717) is 18.0 Å². The van der Waals surface area contributed by atoms with Gasteiger partial charge in [-0.3, -0.25) is 0 Å². The Morgan fingerprint density at radius 1 is 1.24 bits per heavy atom. The number of benzene rings is 1. The molecule has 2 aromatic rings. The number of hydrogen-bond acceptors (Lipinski definition) is 4. The Morgan fingerprint density at radius 3 is 2.59 bits per heavy atom. The molecule has 90 valence electrons. The monoisotopic (exact) mass is 233 g/mol. The van der Waals surface area contributed by atoms with E-state index >= 15 is 0 Å². The van der Waals surface area contributed by atoms with Gasteiger partial charge >= 0.3 is 0 Å². The molecule has 0 aliphatic carbocycles. The second kappa shape index (κ2) is 4.88. The fraction of sp³-hybridized carbons (Fsp3) is 0.250. The molecule has 0 atom stereocenters. The number of nitrogens with zero attached hydrogens (tertiary/aromatic N) is 1. The second-order valence-corrected chi connectivity index (χ2v) is 3.53. The van der Waals surface area contributed by atoms with Crippen LogP contribution in [0, 0.1) is 0 Å². The largest absolute Gasteiger partial charge is 0.493 e. The van der Waals surface area contributed by atoms with Crippen molar-refractivity contribution >= 4 is 0 Å². The molecule has 0 bridgehead atoms. The Labute approximate surface area is 99.6 Å². The van der Waals surface area contributed by atoms with Crippen LogP contribution in [0.25, 0.3) is 11.4 Å². The third-order valence-electron chi connectivity index (χ3n) is 2.51. The number of rotatable bonds is 4. The number of imidazole rings is 1. The number of aromatic amines is 1. The van der Waals surface area contributed by atoms with Gasteiger partial charge in [-0.25, -0.2) is 4.98 Å². The van der Waals surface area contributed by atoms with E-state index in [1.807, 2.05) is 18.2 Å². The predicted molar refractivity (Wildman–Crippen MR) is 65.0 cm³/mol. The maximum absolute atomic E-state index is 5.53. The summed E-state index contributed by atoms with van der Waals surface area (Å²) in [5, 5.41) is 0. The zero-order valence-electron chi connectivity index (χ0n) is 9.86. The summed E-state index contributed by atoms with van der Waals surface area (Å²) in [4.78, 5) is 7.39. The van der Waals surface area contributed by atoms with Crippen molar-refractivity contribution in [1.29, 1.82) is 0 Å². The van der Waals surface area contributed by atoms with Crippen LogP contribution in [-0.2, 0) is 6.54 Å². The zero-order valence-corrected chi connectivity index (χ0v) is 9.86. The molecule has 3 N–H and O–H groups in total. The van der Waals surface area contributed by atoms with Gasteiger partial charge in [-0.05, 0) is 18.2 Å². The van der Waals surface area contributed by atoms with Gasteiger partial charge in [0, 0.05) is 24.0 Å². The fourth-order valence-corrected chi connectivity index (χ4v) is 1.59. The highest BCUT2D eigenvalue weighted by molar-refractivity contribution is 5.61. The number of hydrogen-bond donors (Lipinski definition) is 2. The summed E-state index contributed by atoms with van der Waals surface area (Å²) in [6, 6.07) is 5.64.